The maximum Gasteiger partial charge on any atom is 0.224 e. The van der Waals surface area contributed by atoms with E-state index >= 15 is 0 Å². The Kier molecular flexibility index (Phi) is 7.94. The maximum atomic E-state index is 4.53. The van der Waals surface area contributed by atoms with Crippen molar-refractivity contribution < 1.29 is 0 Å². The van der Waals surface area contributed by atoms with E-state index in [0.29, 0.717) is 0 Å². The lowest BCUT2D eigenvalue weighted by molar-refractivity contribution is 0.737. The zero-order valence-corrected chi connectivity index (χ0v) is 12.6. The lowest BCUT2D eigenvalue weighted by atomic mass is 10.2. The summed E-state index contributed by atoms with van der Waals surface area (Å²) >= 11 is 0. The minimum atomic E-state index is 0.736. The van der Waals surface area contributed by atoms with Gasteiger partial charge in [0.25, 0.3) is 0 Å². The molecular weight excluding hydrogens is 236 g/mol. The molecule has 0 saturated carbocycles. The molecule has 4 heteroatoms. The van der Waals surface area contributed by atoms with Crippen LogP contribution in [0.15, 0.2) is 6.20 Å². The van der Waals surface area contributed by atoms with Gasteiger partial charge in [-0.05, 0) is 19.8 Å². The number of unbranched alkanes of at least 4 members (excludes halogenated alkanes) is 4. The first-order chi connectivity index (χ1) is 9.27. The van der Waals surface area contributed by atoms with E-state index in [1.165, 1.54) is 38.5 Å². The van der Waals surface area contributed by atoms with Crippen molar-refractivity contribution in [2.24, 2.45) is 0 Å². The van der Waals surface area contributed by atoms with Gasteiger partial charge >= 0.3 is 0 Å². The Hall–Kier alpha value is -1.32. The first-order valence-electron chi connectivity index (χ1n) is 7.59. The van der Waals surface area contributed by atoms with E-state index in [1.54, 1.807) is 0 Å². The van der Waals surface area contributed by atoms with E-state index in [0.717, 1.165) is 30.4 Å². The molecule has 1 heterocycles. The number of aryl methyl sites for hydroxylation is 1. The topological polar surface area (TPSA) is 49.8 Å². The second-order valence-corrected chi connectivity index (χ2v) is 4.99. The molecule has 0 unspecified atom stereocenters. The van der Waals surface area contributed by atoms with Gasteiger partial charge in [0, 0.05) is 24.8 Å². The van der Waals surface area contributed by atoms with Gasteiger partial charge in [-0.25, -0.2) is 4.98 Å². The standard InChI is InChI=1S/C15H28N4/c1-4-6-8-10-16-14-13(3)12-18-15(19-14)17-11-9-7-5-2/h12H,4-11H2,1-3H3,(H2,16,17,18,19). The Morgan fingerprint density at radius 2 is 1.58 bits per heavy atom. The summed E-state index contributed by atoms with van der Waals surface area (Å²) in [5.74, 6) is 1.70. The largest absolute Gasteiger partial charge is 0.370 e. The zero-order chi connectivity index (χ0) is 13.9. The van der Waals surface area contributed by atoms with E-state index in [9.17, 15) is 0 Å². The van der Waals surface area contributed by atoms with E-state index in [-0.39, 0.29) is 0 Å². The molecule has 0 radical (unpaired) electrons. The van der Waals surface area contributed by atoms with Crippen LogP contribution >= 0.6 is 0 Å². The van der Waals surface area contributed by atoms with Crippen LogP contribution in [0, 0.1) is 6.92 Å². The number of anilines is 2. The first-order valence-corrected chi connectivity index (χ1v) is 7.59. The average molecular weight is 264 g/mol. The van der Waals surface area contributed by atoms with Crippen LogP contribution in [-0.4, -0.2) is 23.1 Å². The molecule has 0 bridgehead atoms. The molecule has 0 fully saturated rings. The van der Waals surface area contributed by atoms with Gasteiger partial charge in [0.05, 0.1) is 0 Å². The van der Waals surface area contributed by atoms with Gasteiger partial charge < -0.3 is 10.6 Å². The molecule has 0 aliphatic heterocycles. The van der Waals surface area contributed by atoms with Gasteiger partial charge in [0.15, 0.2) is 0 Å². The smallest absolute Gasteiger partial charge is 0.224 e. The lowest BCUT2D eigenvalue weighted by Crippen LogP contribution is -2.10. The predicted molar refractivity (Wildman–Crippen MR) is 82.8 cm³/mol. The molecule has 0 amide bonds. The fourth-order valence-electron chi connectivity index (χ4n) is 1.86. The van der Waals surface area contributed by atoms with Crippen molar-refractivity contribution >= 4 is 11.8 Å². The van der Waals surface area contributed by atoms with Crippen LogP contribution in [0.4, 0.5) is 11.8 Å². The lowest BCUT2D eigenvalue weighted by Gasteiger charge is -2.10. The molecule has 0 saturated heterocycles. The van der Waals surface area contributed by atoms with Crippen LogP contribution in [0.25, 0.3) is 0 Å². The molecule has 0 aromatic carbocycles. The third-order valence-corrected chi connectivity index (χ3v) is 3.11. The summed E-state index contributed by atoms with van der Waals surface area (Å²) in [5.41, 5.74) is 1.11. The van der Waals surface area contributed by atoms with Gasteiger partial charge in [-0.2, -0.15) is 4.98 Å². The molecule has 1 aromatic rings. The summed E-state index contributed by atoms with van der Waals surface area (Å²) < 4.78 is 0. The van der Waals surface area contributed by atoms with Crippen molar-refractivity contribution in [2.75, 3.05) is 23.7 Å². The van der Waals surface area contributed by atoms with E-state index < -0.39 is 0 Å². The Bertz CT molecular complexity index is 352. The summed E-state index contributed by atoms with van der Waals surface area (Å²) in [5, 5.41) is 6.69. The quantitative estimate of drug-likeness (QED) is 0.627. The summed E-state index contributed by atoms with van der Waals surface area (Å²) in [7, 11) is 0. The van der Waals surface area contributed by atoms with Gasteiger partial charge in [-0.3, -0.25) is 0 Å². The van der Waals surface area contributed by atoms with Crippen LogP contribution < -0.4 is 10.6 Å². The third kappa shape index (κ3) is 6.41. The molecule has 0 aliphatic rings. The van der Waals surface area contributed by atoms with Crippen LogP contribution in [0.5, 0.6) is 0 Å². The molecule has 0 aliphatic carbocycles. The van der Waals surface area contributed by atoms with E-state index in [4.69, 9.17) is 0 Å². The molecule has 2 N–H and O–H groups in total. The van der Waals surface area contributed by atoms with Crippen molar-refractivity contribution in [3.05, 3.63) is 11.8 Å². The van der Waals surface area contributed by atoms with Crippen LogP contribution in [-0.2, 0) is 0 Å². The number of nitrogens with one attached hydrogen (secondary N) is 2. The molecule has 19 heavy (non-hydrogen) atoms. The second-order valence-electron chi connectivity index (χ2n) is 4.99. The molecular formula is C15H28N4. The molecule has 4 nitrogen and oxygen atoms in total. The highest BCUT2D eigenvalue weighted by atomic mass is 15.1. The minimum absolute atomic E-state index is 0.736. The van der Waals surface area contributed by atoms with Gasteiger partial charge in [-0.1, -0.05) is 39.5 Å². The van der Waals surface area contributed by atoms with Crippen molar-refractivity contribution in [3.63, 3.8) is 0 Å². The number of hydrogen-bond donors (Lipinski definition) is 2. The van der Waals surface area contributed by atoms with Crippen LogP contribution in [0.2, 0.25) is 0 Å². The van der Waals surface area contributed by atoms with Crippen LogP contribution in [0.3, 0.4) is 0 Å². The summed E-state index contributed by atoms with van der Waals surface area (Å²) in [6, 6.07) is 0. The van der Waals surface area contributed by atoms with Crippen LogP contribution in [0.1, 0.15) is 57.9 Å². The Labute approximate surface area is 117 Å². The maximum absolute atomic E-state index is 4.53. The minimum Gasteiger partial charge on any atom is -0.370 e. The average Bonchev–Trinajstić information content (AvgIpc) is 2.42. The summed E-state index contributed by atoms with van der Waals surface area (Å²) in [6.45, 7) is 8.41. The zero-order valence-electron chi connectivity index (χ0n) is 12.6. The van der Waals surface area contributed by atoms with Crippen molar-refractivity contribution in [1.29, 1.82) is 0 Å². The highest BCUT2D eigenvalue weighted by Crippen LogP contribution is 2.13. The Balaban J connectivity index is 2.42. The van der Waals surface area contributed by atoms with Crippen molar-refractivity contribution in [1.82, 2.24) is 9.97 Å². The third-order valence-electron chi connectivity index (χ3n) is 3.11. The molecule has 1 rings (SSSR count). The number of aromatic nitrogens is 2. The Morgan fingerprint density at radius 3 is 2.21 bits per heavy atom. The van der Waals surface area contributed by atoms with Crippen molar-refractivity contribution in [3.8, 4) is 0 Å². The van der Waals surface area contributed by atoms with Gasteiger partial charge in [0.1, 0.15) is 5.82 Å². The van der Waals surface area contributed by atoms with Crippen molar-refractivity contribution in [2.45, 2.75) is 59.3 Å². The molecule has 108 valence electrons. The fourth-order valence-corrected chi connectivity index (χ4v) is 1.86. The SMILES string of the molecule is CCCCCNc1ncc(C)c(NCCCCC)n1. The first kappa shape index (κ1) is 15.7. The monoisotopic (exact) mass is 264 g/mol. The van der Waals surface area contributed by atoms with Gasteiger partial charge in [-0.15, -0.1) is 0 Å². The Morgan fingerprint density at radius 1 is 0.947 bits per heavy atom. The normalized spacial score (nSPS) is 10.5. The number of rotatable bonds is 10. The van der Waals surface area contributed by atoms with E-state index in [1.807, 2.05) is 13.1 Å². The molecule has 0 atom stereocenters. The van der Waals surface area contributed by atoms with Gasteiger partial charge in [0.2, 0.25) is 5.95 Å². The number of nitrogens with zero attached hydrogens (tertiary/aromatic N) is 2. The van der Waals surface area contributed by atoms with E-state index in [2.05, 4.69) is 34.4 Å². The highest BCUT2D eigenvalue weighted by Gasteiger charge is 2.02. The second kappa shape index (κ2) is 9.59. The molecule has 1 aromatic heterocycles. The summed E-state index contributed by atoms with van der Waals surface area (Å²) in [4.78, 5) is 8.85. The number of hydrogen-bond acceptors (Lipinski definition) is 4. The highest BCUT2D eigenvalue weighted by molar-refractivity contribution is 5.46. The molecule has 0 spiro atoms. The predicted octanol–water partition coefficient (Wildman–Crippen LogP) is 3.99. The fraction of sp³-hybridized carbons (Fsp3) is 0.733. The summed E-state index contributed by atoms with van der Waals surface area (Å²) in [6.07, 6.45) is 9.25.